The Balaban J connectivity index is 1.40. The van der Waals surface area contributed by atoms with E-state index in [1.807, 2.05) is 35.3 Å². The number of nitrogens with zero attached hydrogens (tertiary/aromatic N) is 4. The summed E-state index contributed by atoms with van der Waals surface area (Å²) < 4.78 is 0. The van der Waals surface area contributed by atoms with Gasteiger partial charge in [0.1, 0.15) is 16.5 Å². The second-order valence-corrected chi connectivity index (χ2v) is 8.88. The Morgan fingerprint density at radius 3 is 2.68 bits per heavy atom. The van der Waals surface area contributed by atoms with Gasteiger partial charge in [0, 0.05) is 31.1 Å². The lowest BCUT2D eigenvalue weighted by atomic mass is 10.1. The maximum atomic E-state index is 12.8. The lowest BCUT2D eigenvalue weighted by Gasteiger charge is -2.36. The molecular weight excluding hydrogens is 392 g/mol. The van der Waals surface area contributed by atoms with Crippen molar-refractivity contribution in [2.45, 2.75) is 26.2 Å². The van der Waals surface area contributed by atoms with Crippen molar-refractivity contribution < 1.29 is 4.79 Å². The first kappa shape index (κ1) is 17.9. The predicted octanol–water partition coefficient (Wildman–Crippen LogP) is 4.10. The van der Waals surface area contributed by atoms with Crippen LogP contribution >= 0.6 is 22.9 Å². The fourth-order valence-electron chi connectivity index (χ4n) is 4.24. The summed E-state index contributed by atoms with van der Waals surface area (Å²) in [4.78, 5) is 29.1. The van der Waals surface area contributed by atoms with Gasteiger partial charge in [-0.15, -0.1) is 11.3 Å². The normalized spacial score (nSPS) is 16.6. The first-order valence-electron chi connectivity index (χ1n) is 9.69. The van der Waals surface area contributed by atoms with Crippen molar-refractivity contribution in [3.63, 3.8) is 0 Å². The molecule has 1 aliphatic heterocycles. The SMILES string of the molecule is Cc1nc(N2CCN(C(=O)c3ccccc3Cl)CC2)c2c3c(sc2n1)CCC3. The molecular formula is C21H21ClN4OS. The van der Waals surface area contributed by atoms with Crippen LogP contribution in [0, 0.1) is 6.92 Å². The smallest absolute Gasteiger partial charge is 0.255 e. The zero-order valence-electron chi connectivity index (χ0n) is 15.7. The molecule has 7 heteroatoms. The molecule has 2 aromatic heterocycles. The molecule has 0 spiro atoms. The molecule has 0 radical (unpaired) electrons. The molecule has 1 saturated heterocycles. The fraction of sp³-hybridized carbons (Fsp3) is 0.381. The number of hydrogen-bond acceptors (Lipinski definition) is 5. The second-order valence-electron chi connectivity index (χ2n) is 7.39. The van der Waals surface area contributed by atoms with Crippen molar-refractivity contribution in [2.24, 2.45) is 0 Å². The number of rotatable bonds is 2. The van der Waals surface area contributed by atoms with E-state index in [1.54, 1.807) is 12.1 Å². The number of hydrogen-bond donors (Lipinski definition) is 0. The quantitative estimate of drug-likeness (QED) is 0.635. The molecule has 144 valence electrons. The van der Waals surface area contributed by atoms with Crippen molar-refractivity contribution >= 4 is 44.9 Å². The van der Waals surface area contributed by atoms with E-state index in [2.05, 4.69) is 9.88 Å². The van der Waals surface area contributed by atoms with E-state index in [4.69, 9.17) is 16.6 Å². The van der Waals surface area contributed by atoms with E-state index >= 15 is 0 Å². The van der Waals surface area contributed by atoms with Gasteiger partial charge in [-0.2, -0.15) is 0 Å². The van der Waals surface area contributed by atoms with E-state index in [0.29, 0.717) is 23.7 Å². The van der Waals surface area contributed by atoms with Crippen LogP contribution in [0.1, 0.15) is 33.0 Å². The first-order chi connectivity index (χ1) is 13.6. The van der Waals surface area contributed by atoms with Gasteiger partial charge >= 0.3 is 0 Å². The fourth-order valence-corrected chi connectivity index (χ4v) is 5.75. The molecule has 1 aliphatic carbocycles. The van der Waals surface area contributed by atoms with Crippen LogP contribution in [0.15, 0.2) is 24.3 Å². The number of amides is 1. The van der Waals surface area contributed by atoms with Gasteiger partial charge in [-0.25, -0.2) is 9.97 Å². The molecule has 0 bridgehead atoms. The van der Waals surface area contributed by atoms with Gasteiger partial charge in [-0.05, 0) is 43.9 Å². The third kappa shape index (κ3) is 2.95. The Kier molecular flexibility index (Phi) is 4.48. The molecule has 2 aliphatic rings. The van der Waals surface area contributed by atoms with Crippen LogP contribution in [-0.4, -0.2) is 47.0 Å². The zero-order valence-corrected chi connectivity index (χ0v) is 17.3. The first-order valence-corrected chi connectivity index (χ1v) is 10.9. The van der Waals surface area contributed by atoms with Crippen molar-refractivity contribution in [1.82, 2.24) is 14.9 Å². The number of carbonyl (C=O) groups is 1. The summed E-state index contributed by atoms with van der Waals surface area (Å²) >= 11 is 8.04. The van der Waals surface area contributed by atoms with Gasteiger partial charge < -0.3 is 9.80 Å². The summed E-state index contributed by atoms with van der Waals surface area (Å²) in [5.41, 5.74) is 2.03. The molecule has 1 aromatic carbocycles. The number of carbonyl (C=O) groups excluding carboxylic acids is 1. The topological polar surface area (TPSA) is 49.3 Å². The summed E-state index contributed by atoms with van der Waals surface area (Å²) in [6.45, 7) is 4.84. The van der Waals surface area contributed by atoms with Gasteiger partial charge in [0.25, 0.3) is 5.91 Å². The molecule has 28 heavy (non-hydrogen) atoms. The Morgan fingerprint density at radius 2 is 1.89 bits per heavy atom. The molecule has 3 heterocycles. The highest BCUT2D eigenvalue weighted by Crippen LogP contribution is 2.40. The van der Waals surface area contributed by atoms with Crippen LogP contribution in [0.5, 0.6) is 0 Å². The Labute approximate surface area is 173 Å². The number of aromatic nitrogens is 2. The molecule has 0 N–H and O–H groups in total. The molecule has 0 saturated carbocycles. The maximum Gasteiger partial charge on any atom is 0.255 e. The van der Waals surface area contributed by atoms with Crippen molar-refractivity contribution in [2.75, 3.05) is 31.1 Å². The van der Waals surface area contributed by atoms with Gasteiger partial charge in [-0.1, -0.05) is 23.7 Å². The lowest BCUT2D eigenvalue weighted by Crippen LogP contribution is -2.49. The lowest BCUT2D eigenvalue weighted by molar-refractivity contribution is 0.0747. The van der Waals surface area contributed by atoms with Gasteiger partial charge in [0.2, 0.25) is 0 Å². The zero-order chi connectivity index (χ0) is 19.3. The minimum atomic E-state index is 0.00527. The van der Waals surface area contributed by atoms with Crippen LogP contribution in [-0.2, 0) is 12.8 Å². The molecule has 5 rings (SSSR count). The standard InChI is InChI=1S/C21H21ClN4OS/c1-13-23-19(18-15-6-4-8-17(15)28-20(18)24-13)25-9-11-26(12-10-25)21(27)14-5-2-3-7-16(14)22/h2-3,5,7H,4,6,8-12H2,1H3. The molecule has 0 atom stereocenters. The third-order valence-electron chi connectivity index (χ3n) is 5.63. The number of fused-ring (bicyclic) bond motifs is 3. The number of thiophene rings is 1. The maximum absolute atomic E-state index is 12.8. The van der Waals surface area contributed by atoms with Crippen LogP contribution in [0.4, 0.5) is 5.82 Å². The highest BCUT2D eigenvalue weighted by Gasteiger charge is 2.28. The predicted molar refractivity (Wildman–Crippen MR) is 114 cm³/mol. The van der Waals surface area contributed by atoms with Crippen molar-refractivity contribution in [3.8, 4) is 0 Å². The average molecular weight is 413 g/mol. The molecule has 3 aromatic rings. The Bertz CT molecular complexity index is 1070. The molecule has 1 amide bonds. The van der Waals surface area contributed by atoms with E-state index in [1.165, 1.54) is 22.2 Å². The van der Waals surface area contributed by atoms with Gasteiger partial charge in [-0.3, -0.25) is 4.79 Å². The van der Waals surface area contributed by atoms with E-state index < -0.39 is 0 Å². The number of anilines is 1. The molecule has 5 nitrogen and oxygen atoms in total. The number of benzene rings is 1. The Morgan fingerprint density at radius 1 is 1.11 bits per heavy atom. The minimum absolute atomic E-state index is 0.00527. The molecule has 0 unspecified atom stereocenters. The van der Waals surface area contributed by atoms with E-state index in [0.717, 1.165) is 42.4 Å². The van der Waals surface area contributed by atoms with E-state index in [9.17, 15) is 4.79 Å². The van der Waals surface area contributed by atoms with Gasteiger partial charge in [0.05, 0.1) is 16.0 Å². The van der Waals surface area contributed by atoms with Crippen LogP contribution < -0.4 is 4.90 Å². The Hall–Kier alpha value is -2.18. The summed E-state index contributed by atoms with van der Waals surface area (Å²) in [6.07, 6.45) is 3.51. The van der Waals surface area contributed by atoms with Gasteiger partial charge in [0.15, 0.2) is 0 Å². The molecule has 1 fully saturated rings. The highest BCUT2D eigenvalue weighted by molar-refractivity contribution is 7.19. The minimum Gasteiger partial charge on any atom is -0.352 e. The van der Waals surface area contributed by atoms with Crippen molar-refractivity contribution in [1.29, 1.82) is 0 Å². The summed E-state index contributed by atoms with van der Waals surface area (Å²) in [7, 11) is 0. The van der Waals surface area contributed by atoms with Crippen molar-refractivity contribution in [3.05, 3.63) is 51.1 Å². The monoisotopic (exact) mass is 412 g/mol. The average Bonchev–Trinajstić information content (AvgIpc) is 3.28. The summed E-state index contributed by atoms with van der Waals surface area (Å²) in [5.74, 6) is 1.87. The largest absolute Gasteiger partial charge is 0.352 e. The van der Waals surface area contributed by atoms with Crippen LogP contribution in [0.3, 0.4) is 0 Å². The summed E-state index contributed by atoms with van der Waals surface area (Å²) in [5, 5.41) is 1.76. The highest BCUT2D eigenvalue weighted by atomic mass is 35.5. The summed E-state index contributed by atoms with van der Waals surface area (Å²) in [6, 6.07) is 7.26. The van der Waals surface area contributed by atoms with Crippen LogP contribution in [0.25, 0.3) is 10.2 Å². The number of piperazine rings is 1. The number of halogens is 1. The van der Waals surface area contributed by atoms with E-state index in [-0.39, 0.29) is 5.91 Å². The van der Waals surface area contributed by atoms with Crippen LogP contribution in [0.2, 0.25) is 5.02 Å². The second kappa shape index (κ2) is 7.01. The third-order valence-corrected chi connectivity index (χ3v) is 7.14. The number of aryl methyl sites for hydroxylation is 3.